The maximum atomic E-state index is 11.4. The number of ether oxygens (including phenoxy) is 2. The lowest BCUT2D eigenvalue weighted by Crippen LogP contribution is -2.03. The van der Waals surface area contributed by atoms with E-state index in [1.807, 2.05) is 55.5 Å². The first-order valence-electron chi connectivity index (χ1n) is 7.73. The van der Waals surface area contributed by atoms with E-state index in [1.165, 1.54) is 0 Å². The highest BCUT2D eigenvalue weighted by molar-refractivity contribution is 5.91. The second kappa shape index (κ2) is 7.09. The third-order valence-corrected chi connectivity index (χ3v) is 3.80. The molecule has 128 valence electrons. The number of carboxylic acid groups (broad SMARTS) is 1. The SMILES string of the molecule is COc1ccc(COc2c(-c3ccc(C)cc3)n[nH]c2C(=O)O)cc1. The smallest absolute Gasteiger partial charge is 0.357 e. The highest BCUT2D eigenvalue weighted by atomic mass is 16.5. The van der Waals surface area contributed by atoms with Crippen LogP contribution in [0.15, 0.2) is 48.5 Å². The van der Waals surface area contributed by atoms with Gasteiger partial charge in [-0.05, 0) is 24.6 Å². The topological polar surface area (TPSA) is 84.4 Å². The predicted molar refractivity (Wildman–Crippen MR) is 93.0 cm³/mol. The lowest BCUT2D eigenvalue weighted by atomic mass is 10.1. The molecule has 0 atom stereocenters. The van der Waals surface area contributed by atoms with Crippen molar-refractivity contribution in [1.82, 2.24) is 10.2 Å². The van der Waals surface area contributed by atoms with Crippen LogP contribution in [-0.4, -0.2) is 28.4 Å². The van der Waals surface area contributed by atoms with E-state index >= 15 is 0 Å². The molecule has 0 unspecified atom stereocenters. The van der Waals surface area contributed by atoms with Crippen LogP contribution in [-0.2, 0) is 6.61 Å². The molecule has 0 aliphatic heterocycles. The van der Waals surface area contributed by atoms with Crippen LogP contribution < -0.4 is 9.47 Å². The molecule has 0 radical (unpaired) electrons. The van der Waals surface area contributed by atoms with Crippen LogP contribution in [0.1, 0.15) is 21.6 Å². The van der Waals surface area contributed by atoms with E-state index in [0.717, 1.165) is 22.4 Å². The monoisotopic (exact) mass is 338 g/mol. The minimum absolute atomic E-state index is 0.0657. The Kier molecular flexibility index (Phi) is 4.70. The Labute approximate surface area is 145 Å². The maximum absolute atomic E-state index is 11.4. The summed E-state index contributed by atoms with van der Waals surface area (Å²) in [5.74, 6) is -0.138. The van der Waals surface area contributed by atoms with E-state index in [4.69, 9.17) is 9.47 Å². The summed E-state index contributed by atoms with van der Waals surface area (Å²) in [7, 11) is 1.60. The molecule has 0 bridgehead atoms. The molecule has 6 nitrogen and oxygen atoms in total. The molecule has 3 rings (SSSR count). The molecule has 2 aromatic carbocycles. The number of nitrogens with one attached hydrogen (secondary N) is 1. The Balaban J connectivity index is 1.88. The van der Waals surface area contributed by atoms with Crippen LogP contribution in [0, 0.1) is 6.92 Å². The normalized spacial score (nSPS) is 10.5. The third-order valence-electron chi connectivity index (χ3n) is 3.80. The molecule has 0 amide bonds. The highest BCUT2D eigenvalue weighted by Crippen LogP contribution is 2.32. The zero-order valence-corrected chi connectivity index (χ0v) is 13.9. The zero-order chi connectivity index (χ0) is 17.8. The summed E-state index contributed by atoms with van der Waals surface area (Å²) in [4.78, 5) is 11.4. The van der Waals surface area contributed by atoms with Gasteiger partial charge in [0.2, 0.25) is 0 Å². The fourth-order valence-electron chi connectivity index (χ4n) is 2.40. The molecule has 0 aliphatic carbocycles. The van der Waals surface area contributed by atoms with Crippen molar-refractivity contribution in [1.29, 1.82) is 0 Å². The summed E-state index contributed by atoms with van der Waals surface area (Å²) in [6.45, 7) is 2.21. The number of rotatable bonds is 6. The number of carbonyl (C=O) groups is 1. The van der Waals surface area contributed by atoms with E-state index in [1.54, 1.807) is 7.11 Å². The molecule has 6 heteroatoms. The number of carboxylic acids is 1. The van der Waals surface area contributed by atoms with Gasteiger partial charge < -0.3 is 14.6 Å². The lowest BCUT2D eigenvalue weighted by Gasteiger charge is -2.09. The van der Waals surface area contributed by atoms with Crippen molar-refractivity contribution >= 4 is 5.97 Å². The first-order chi connectivity index (χ1) is 12.1. The van der Waals surface area contributed by atoms with Crippen LogP contribution in [0.2, 0.25) is 0 Å². The standard InChI is InChI=1S/C19H18N2O4/c1-12-3-7-14(8-4-12)16-18(17(19(22)23)21-20-16)25-11-13-5-9-15(24-2)10-6-13/h3-10H,11H2,1-2H3,(H,20,21)(H,22,23). The lowest BCUT2D eigenvalue weighted by molar-refractivity contribution is 0.0685. The maximum Gasteiger partial charge on any atom is 0.357 e. The molecule has 2 N–H and O–H groups in total. The Bertz CT molecular complexity index is 867. The minimum atomic E-state index is -1.12. The molecule has 25 heavy (non-hydrogen) atoms. The predicted octanol–water partition coefficient (Wildman–Crippen LogP) is 3.67. The number of aromatic carboxylic acids is 1. The van der Waals surface area contributed by atoms with Crippen molar-refractivity contribution < 1.29 is 19.4 Å². The molecule has 0 saturated carbocycles. The van der Waals surface area contributed by atoms with Gasteiger partial charge in [-0.3, -0.25) is 5.10 Å². The first kappa shape index (κ1) is 16.6. The van der Waals surface area contributed by atoms with Crippen molar-refractivity contribution in [2.45, 2.75) is 13.5 Å². The van der Waals surface area contributed by atoms with Crippen LogP contribution in [0.5, 0.6) is 11.5 Å². The fourth-order valence-corrected chi connectivity index (χ4v) is 2.40. The van der Waals surface area contributed by atoms with E-state index in [0.29, 0.717) is 5.69 Å². The van der Waals surface area contributed by atoms with Gasteiger partial charge in [0.15, 0.2) is 11.4 Å². The quantitative estimate of drug-likeness (QED) is 0.716. The van der Waals surface area contributed by atoms with Crippen molar-refractivity contribution in [3.05, 3.63) is 65.4 Å². The number of aromatic nitrogens is 2. The Morgan fingerprint density at radius 3 is 2.40 bits per heavy atom. The molecule has 3 aromatic rings. The van der Waals surface area contributed by atoms with Gasteiger partial charge in [0.25, 0.3) is 0 Å². The second-order valence-corrected chi connectivity index (χ2v) is 5.58. The van der Waals surface area contributed by atoms with Crippen LogP contribution >= 0.6 is 0 Å². The molecule has 0 saturated heterocycles. The van der Waals surface area contributed by atoms with Gasteiger partial charge in [-0.1, -0.05) is 42.0 Å². The largest absolute Gasteiger partial charge is 0.497 e. The van der Waals surface area contributed by atoms with E-state index in [-0.39, 0.29) is 18.1 Å². The Hall–Kier alpha value is -3.28. The third kappa shape index (κ3) is 3.63. The number of nitrogens with zero attached hydrogens (tertiary/aromatic N) is 1. The van der Waals surface area contributed by atoms with Gasteiger partial charge in [-0.15, -0.1) is 0 Å². The van der Waals surface area contributed by atoms with Crippen LogP contribution in [0.4, 0.5) is 0 Å². The summed E-state index contributed by atoms with van der Waals surface area (Å²) in [6.07, 6.45) is 0. The summed E-state index contributed by atoms with van der Waals surface area (Å²) in [5.41, 5.74) is 3.21. The van der Waals surface area contributed by atoms with Gasteiger partial charge >= 0.3 is 5.97 Å². The van der Waals surface area contributed by atoms with E-state index < -0.39 is 5.97 Å². The molecular formula is C19H18N2O4. The van der Waals surface area contributed by atoms with Crippen molar-refractivity contribution in [3.63, 3.8) is 0 Å². The van der Waals surface area contributed by atoms with Gasteiger partial charge in [0.1, 0.15) is 18.1 Å². The highest BCUT2D eigenvalue weighted by Gasteiger charge is 2.21. The van der Waals surface area contributed by atoms with Gasteiger partial charge in [-0.25, -0.2) is 4.79 Å². The average Bonchev–Trinajstić information content (AvgIpc) is 3.05. The van der Waals surface area contributed by atoms with Crippen molar-refractivity contribution in [2.75, 3.05) is 7.11 Å². The first-order valence-corrected chi connectivity index (χ1v) is 7.73. The minimum Gasteiger partial charge on any atom is -0.497 e. The number of aromatic amines is 1. The summed E-state index contributed by atoms with van der Waals surface area (Å²) in [5, 5.41) is 16.0. The van der Waals surface area contributed by atoms with Gasteiger partial charge in [-0.2, -0.15) is 5.10 Å². The summed E-state index contributed by atoms with van der Waals surface area (Å²) >= 11 is 0. The van der Waals surface area contributed by atoms with Crippen molar-refractivity contribution in [3.8, 4) is 22.8 Å². The molecule has 0 fully saturated rings. The summed E-state index contributed by atoms with van der Waals surface area (Å²) < 4.78 is 10.9. The second-order valence-electron chi connectivity index (χ2n) is 5.58. The van der Waals surface area contributed by atoms with Crippen LogP contribution in [0.25, 0.3) is 11.3 Å². The average molecular weight is 338 g/mol. The van der Waals surface area contributed by atoms with Crippen molar-refractivity contribution in [2.24, 2.45) is 0 Å². The van der Waals surface area contributed by atoms with E-state index in [9.17, 15) is 9.90 Å². The number of H-pyrrole nitrogens is 1. The molecule has 1 heterocycles. The van der Waals surface area contributed by atoms with Gasteiger partial charge in [0.05, 0.1) is 7.11 Å². The molecule has 1 aromatic heterocycles. The number of methoxy groups -OCH3 is 1. The number of hydrogen-bond donors (Lipinski definition) is 2. The molecular weight excluding hydrogens is 320 g/mol. The Morgan fingerprint density at radius 1 is 1.12 bits per heavy atom. The zero-order valence-electron chi connectivity index (χ0n) is 13.9. The van der Waals surface area contributed by atoms with E-state index in [2.05, 4.69) is 10.2 Å². The number of benzene rings is 2. The number of hydrogen-bond acceptors (Lipinski definition) is 4. The Morgan fingerprint density at radius 2 is 1.80 bits per heavy atom. The van der Waals surface area contributed by atoms with Crippen LogP contribution in [0.3, 0.4) is 0 Å². The molecule has 0 aliphatic rings. The fraction of sp³-hybridized carbons (Fsp3) is 0.158. The molecule has 0 spiro atoms. The van der Waals surface area contributed by atoms with Gasteiger partial charge in [0, 0.05) is 5.56 Å². The number of aryl methyl sites for hydroxylation is 1. The summed E-state index contributed by atoms with van der Waals surface area (Å²) in [6, 6.07) is 15.0.